The number of benzene rings is 2. The topological polar surface area (TPSA) is 76.6 Å². The average Bonchev–Trinajstić information content (AvgIpc) is 3.26. The molecule has 1 saturated heterocycles. The molecule has 6 nitrogen and oxygen atoms in total. The van der Waals surface area contributed by atoms with E-state index in [1.807, 2.05) is 73.6 Å². The third-order valence-corrected chi connectivity index (χ3v) is 5.29. The number of likely N-dealkylation sites (N-methyl/N-ethyl adjacent to an activating group) is 1. The molecule has 2 heterocycles. The van der Waals surface area contributed by atoms with Crippen molar-refractivity contribution in [1.29, 1.82) is 0 Å². The molecule has 29 heavy (non-hydrogen) atoms. The lowest BCUT2D eigenvalue weighted by Gasteiger charge is -2.26. The van der Waals surface area contributed by atoms with Gasteiger partial charge < -0.3 is 19.9 Å². The Hall–Kier alpha value is -3.38. The minimum atomic E-state index is -0.652. The van der Waals surface area contributed by atoms with Crippen molar-refractivity contribution < 1.29 is 14.7 Å². The highest BCUT2D eigenvalue weighted by Crippen LogP contribution is 2.40. The molecule has 1 atom stereocenters. The lowest BCUT2D eigenvalue weighted by Crippen LogP contribution is -2.35. The molecule has 3 aromatic rings. The number of Topliss-reactive ketones (excluding diaryl/α,β-unsaturated/α-hetero) is 1. The molecule has 0 spiro atoms. The smallest absolute Gasteiger partial charge is 0.295 e. The Morgan fingerprint density at radius 2 is 1.76 bits per heavy atom. The normalized spacial score (nSPS) is 18.9. The fourth-order valence-electron chi connectivity index (χ4n) is 3.81. The van der Waals surface area contributed by atoms with Crippen LogP contribution in [0.1, 0.15) is 17.2 Å². The Labute approximate surface area is 169 Å². The Bertz CT molecular complexity index is 1100. The number of carbonyl (C=O) groups is 2. The Balaban J connectivity index is 1.88. The number of aliphatic hydroxyl groups is 1. The van der Waals surface area contributed by atoms with Gasteiger partial charge in [-0.15, -0.1) is 0 Å². The highest BCUT2D eigenvalue weighted by molar-refractivity contribution is 6.46. The van der Waals surface area contributed by atoms with Crippen molar-refractivity contribution in [3.05, 3.63) is 77.5 Å². The number of amides is 1. The van der Waals surface area contributed by atoms with E-state index >= 15 is 0 Å². The van der Waals surface area contributed by atoms with Crippen LogP contribution in [0.5, 0.6) is 0 Å². The van der Waals surface area contributed by atoms with Gasteiger partial charge in [0.2, 0.25) is 0 Å². The van der Waals surface area contributed by atoms with Crippen molar-refractivity contribution in [2.45, 2.75) is 6.04 Å². The molecule has 0 saturated carbocycles. The van der Waals surface area contributed by atoms with Crippen LogP contribution in [0, 0.1) is 0 Å². The second kappa shape index (κ2) is 7.56. The summed E-state index contributed by atoms with van der Waals surface area (Å²) in [5, 5.41) is 12.0. The fraction of sp³-hybridized carbons (Fsp3) is 0.217. The van der Waals surface area contributed by atoms with Gasteiger partial charge >= 0.3 is 0 Å². The van der Waals surface area contributed by atoms with Crippen LogP contribution in [0.25, 0.3) is 16.7 Å². The lowest BCUT2D eigenvalue weighted by atomic mass is 9.95. The summed E-state index contributed by atoms with van der Waals surface area (Å²) in [5.41, 5.74) is 2.30. The number of fused-ring (bicyclic) bond motifs is 1. The number of para-hydroxylation sites is 1. The fourth-order valence-corrected chi connectivity index (χ4v) is 3.81. The number of carbonyl (C=O) groups excluding carboxylic acids is 2. The first-order valence-corrected chi connectivity index (χ1v) is 9.53. The molecule has 1 aliphatic rings. The predicted molar refractivity (Wildman–Crippen MR) is 112 cm³/mol. The molecule has 1 amide bonds. The van der Waals surface area contributed by atoms with Crippen LogP contribution in [-0.2, 0) is 9.59 Å². The average molecular weight is 389 g/mol. The van der Waals surface area contributed by atoms with E-state index in [0.717, 1.165) is 16.5 Å². The van der Waals surface area contributed by atoms with Gasteiger partial charge in [0, 0.05) is 35.8 Å². The van der Waals surface area contributed by atoms with Crippen LogP contribution in [-0.4, -0.2) is 58.8 Å². The number of ketones is 1. The largest absolute Gasteiger partial charge is 0.507 e. The van der Waals surface area contributed by atoms with Gasteiger partial charge in [-0.1, -0.05) is 48.5 Å². The molecule has 0 bridgehead atoms. The molecule has 4 rings (SSSR count). The standard InChI is InChI=1S/C23H23N3O3/c1-25(2)12-13-26-20(15-8-4-3-5-9-15)19(22(28)23(26)29)21(27)17-14-24-18-11-7-6-10-16(17)18/h3-11,14,20,24,27H,12-13H2,1-2H3/t20-/m1/s1. The summed E-state index contributed by atoms with van der Waals surface area (Å²) < 4.78 is 0. The quantitative estimate of drug-likeness (QED) is 0.399. The number of rotatable bonds is 5. The summed E-state index contributed by atoms with van der Waals surface area (Å²) in [6, 6.07) is 16.3. The molecule has 2 aromatic carbocycles. The van der Waals surface area contributed by atoms with E-state index in [1.54, 1.807) is 11.1 Å². The Kier molecular flexibility index (Phi) is 4.94. The summed E-state index contributed by atoms with van der Waals surface area (Å²) in [7, 11) is 3.83. The summed E-state index contributed by atoms with van der Waals surface area (Å²) in [6.45, 7) is 1.01. The van der Waals surface area contributed by atoms with Crippen molar-refractivity contribution >= 4 is 28.4 Å². The molecule has 2 N–H and O–H groups in total. The van der Waals surface area contributed by atoms with Gasteiger partial charge in [0.15, 0.2) is 0 Å². The van der Waals surface area contributed by atoms with Crippen molar-refractivity contribution in [3.8, 4) is 0 Å². The maximum absolute atomic E-state index is 13.0. The van der Waals surface area contributed by atoms with Crippen LogP contribution in [0.2, 0.25) is 0 Å². The van der Waals surface area contributed by atoms with Crippen LogP contribution in [0.3, 0.4) is 0 Å². The van der Waals surface area contributed by atoms with Gasteiger partial charge in [-0.2, -0.15) is 0 Å². The van der Waals surface area contributed by atoms with Crippen LogP contribution in [0.15, 0.2) is 66.4 Å². The predicted octanol–water partition coefficient (Wildman–Crippen LogP) is 3.15. The maximum atomic E-state index is 13.0. The maximum Gasteiger partial charge on any atom is 0.295 e. The van der Waals surface area contributed by atoms with Gasteiger partial charge in [0.1, 0.15) is 5.76 Å². The molecular weight excluding hydrogens is 366 g/mol. The monoisotopic (exact) mass is 389 g/mol. The highest BCUT2D eigenvalue weighted by Gasteiger charge is 2.46. The zero-order chi connectivity index (χ0) is 20.5. The van der Waals surface area contributed by atoms with E-state index in [1.165, 1.54) is 0 Å². The number of aromatic amines is 1. The Morgan fingerprint density at radius 3 is 2.48 bits per heavy atom. The number of aliphatic hydroxyl groups excluding tert-OH is 1. The molecule has 0 aliphatic carbocycles. The number of nitrogens with one attached hydrogen (secondary N) is 1. The first kappa shape index (κ1) is 19.0. The number of hydrogen-bond acceptors (Lipinski definition) is 4. The van der Waals surface area contributed by atoms with Gasteiger partial charge in [-0.3, -0.25) is 9.59 Å². The number of aromatic nitrogens is 1. The zero-order valence-electron chi connectivity index (χ0n) is 16.4. The van der Waals surface area contributed by atoms with Crippen molar-refractivity contribution in [3.63, 3.8) is 0 Å². The molecule has 0 unspecified atom stereocenters. The third-order valence-electron chi connectivity index (χ3n) is 5.29. The van der Waals surface area contributed by atoms with E-state index in [4.69, 9.17) is 0 Å². The summed E-state index contributed by atoms with van der Waals surface area (Å²) >= 11 is 0. The highest BCUT2D eigenvalue weighted by atomic mass is 16.3. The van der Waals surface area contributed by atoms with Crippen LogP contribution in [0.4, 0.5) is 0 Å². The van der Waals surface area contributed by atoms with E-state index in [0.29, 0.717) is 18.7 Å². The molecule has 6 heteroatoms. The lowest BCUT2D eigenvalue weighted by molar-refractivity contribution is -0.140. The van der Waals surface area contributed by atoms with Crippen molar-refractivity contribution in [1.82, 2.24) is 14.8 Å². The van der Waals surface area contributed by atoms with Crippen molar-refractivity contribution in [2.24, 2.45) is 0 Å². The molecule has 1 aromatic heterocycles. The number of H-pyrrole nitrogens is 1. The van der Waals surface area contributed by atoms with E-state index in [2.05, 4.69) is 4.98 Å². The van der Waals surface area contributed by atoms with Gasteiger partial charge in [-0.25, -0.2) is 0 Å². The summed E-state index contributed by atoms with van der Waals surface area (Å²) in [4.78, 5) is 32.5. The Morgan fingerprint density at radius 1 is 1.07 bits per heavy atom. The van der Waals surface area contributed by atoms with Gasteiger partial charge in [-0.05, 0) is 25.7 Å². The SMILES string of the molecule is CN(C)CCN1C(=O)C(=O)C(=C(O)c2c[nH]c3ccccc23)[C@H]1c1ccccc1. The first-order valence-electron chi connectivity index (χ1n) is 9.53. The third kappa shape index (κ3) is 3.32. The number of hydrogen-bond donors (Lipinski definition) is 2. The van der Waals surface area contributed by atoms with Crippen LogP contribution < -0.4 is 0 Å². The molecule has 1 fully saturated rings. The van der Waals surface area contributed by atoms with E-state index in [-0.39, 0.29) is 11.3 Å². The van der Waals surface area contributed by atoms with Gasteiger partial charge in [0.25, 0.3) is 11.7 Å². The van der Waals surface area contributed by atoms with Crippen molar-refractivity contribution in [2.75, 3.05) is 27.2 Å². The number of likely N-dealkylation sites (tertiary alicyclic amines) is 1. The molecule has 1 aliphatic heterocycles. The van der Waals surface area contributed by atoms with Gasteiger partial charge in [0.05, 0.1) is 11.6 Å². The number of nitrogens with zero attached hydrogens (tertiary/aromatic N) is 2. The van der Waals surface area contributed by atoms with E-state index < -0.39 is 17.7 Å². The molecular formula is C23H23N3O3. The van der Waals surface area contributed by atoms with Crippen LogP contribution >= 0.6 is 0 Å². The minimum Gasteiger partial charge on any atom is -0.507 e. The second-order valence-corrected chi connectivity index (χ2v) is 7.45. The zero-order valence-corrected chi connectivity index (χ0v) is 16.4. The molecule has 148 valence electrons. The minimum absolute atomic E-state index is 0.129. The second-order valence-electron chi connectivity index (χ2n) is 7.45. The van der Waals surface area contributed by atoms with E-state index in [9.17, 15) is 14.7 Å². The first-order chi connectivity index (χ1) is 14.0. The molecule has 0 radical (unpaired) electrons. The summed E-state index contributed by atoms with van der Waals surface area (Å²) in [6.07, 6.45) is 1.68. The summed E-state index contributed by atoms with van der Waals surface area (Å²) in [5.74, 6) is -1.38.